The number of morpholine rings is 1. The van der Waals surface area contributed by atoms with Gasteiger partial charge >= 0.3 is 0 Å². The molecule has 27 heavy (non-hydrogen) atoms. The highest BCUT2D eigenvalue weighted by Crippen LogP contribution is 2.23. The smallest absolute Gasteiger partial charge is 0.227 e. The first-order chi connectivity index (χ1) is 13.3. The Labute approximate surface area is 158 Å². The summed E-state index contributed by atoms with van der Waals surface area (Å²) in [5.41, 5.74) is 1.06. The van der Waals surface area contributed by atoms with E-state index in [0.29, 0.717) is 51.2 Å². The van der Waals surface area contributed by atoms with Gasteiger partial charge in [-0.15, -0.1) is 0 Å². The van der Waals surface area contributed by atoms with Crippen molar-refractivity contribution in [3.05, 3.63) is 42.1 Å². The quantitative estimate of drug-likeness (QED) is 0.795. The summed E-state index contributed by atoms with van der Waals surface area (Å²) in [5.74, 6) is 0.538. The predicted octanol–water partition coefficient (Wildman–Crippen LogP) is 2.03. The third-order valence-electron chi connectivity index (χ3n) is 4.89. The zero-order valence-electron chi connectivity index (χ0n) is 15.3. The molecule has 2 aromatic rings. The van der Waals surface area contributed by atoms with E-state index in [2.05, 4.69) is 19.9 Å². The van der Waals surface area contributed by atoms with Crippen molar-refractivity contribution in [2.45, 2.75) is 25.6 Å². The number of aromatic nitrogens is 3. The second-order valence-electron chi connectivity index (χ2n) is 6.82. The fourth-order valence-corrected chi connectivity index (χ4v) is 3.45. The van der Waals surface area contributed by atoms with E-state index in [-0.39, 0.29) is 11.9 Å². The van der Waals surface area contributed by atoms with Gasteiger partial charge in [-0.3, -0.25) is 4.98 Å². The fraction of sp³-hybridized carbons (Fsp3) is 0.526. The van der Waals surface area contributed by atoms with E-state index in [1.807, 2.05) is 23.2 Å². The fourth-order valence-electron chi connectivity index (χ4n) is 3.45. The van der Waals surface area contributed by atoms with Crippen LogP contribution in [0.4, 0.5) is 16.2 Å². The van der Waals surface area contributed by atoms with E-state index in [9.17, 15) is 4.39 Å². The van der Waals surface area contributed by atoms with Crippen molar-refractivity contribution in [2.75, 3.05) is 49.2 Å². The Morgan fingerprint density at radius 1 is 1.19 bits per heavy atom. The largest absolute Gasteiger partial charge is 0.378 e. The summed E-state index contributed by atoms with van der Waals surface area (Å²) in [5, 5.41) is 0. The molecule has 4 heterocycles. The van der Waals surface area contributed by atoms with E-state index < -0.39 is 0 Å². The van der Waals surface area contributed by atoms with Crippen LogP contribution in [0.25, 0.3) is 0 Å². The summed E-state index contributed by atoms with van der Waals surface area (Å²) in [6, 6.07) is 3.91. The molecule has 0 unspecified atom stereocenters. The lowest BCUT2D eigenvalue weighted by molar-refractivity contribution is 0.0311. The predicted molar refractivity (Wildman–Crippen MR) is 99.3 cm³/mol. The Bertz CT molecular complexity index is 742. The summed E-state index contributed by atoms with van der Waals surface area (Å²) in [6.45, 7) is 4.55. The number of pyridine rings is 1. The molecule has 144 valence electrons. The number of hydrogen-bond donors (Lipinski definition) is 0. The summed E-state index contributed by atoms with van der Waals surface area (Å²) in [4.78, 5) is 16.9. The topological polar surface area (TPSA) is 63.6 Å². The van der Waals surface area contributed by atoms with Crippen LogP contribution >= 0.6 is 0 Å². The van der Waals surface area contributed by atoms with E-state index in [0.717, 1.165) is 24.9 Å². The number of rotatable bonds is 5. The molecule has 0 bridgehead atoms. The van der Waals surface area contributed by atoms with Gasteiger partial charge in [-0.1, -0.05) is 6.07 Å². The van der Waals surface area contributed by atoms with Gasteiger partial charge in [-0.2, -0.15) is 4.98 Å². The summed E-state index contributed by atoms with van der Waals surface area (Å²) in [7, 11) is 0. The van der Waals surface area contributed by atoms with Gasteiger partial charge in [0.25, 0.3) is 0 Å². The van der Waals surface area contributed by atoms with E-state index >= 15 is 0 Å². The van der Waals surface area contributed by atoms with Crippen LogP contribution in [0.3, 0.4) is 0 Å². The molecule has 2 aliphatic heterocycles. The lowest BCUT2D eigenvalue weighted by Crippen LogP contribution is -2.41. The Balaban J connectivity index is 1.41. The van der Waals surface area contributed by atoms with Crippen molar-refractivity contribution in [2.24, 2.45) is 0 Å². The Kier molecular flexibility index (Phi) is 5.74. The average Bonchev–Trinajstić information content (AvgIpc) is 2.74. The molecule has 0 saturated carbocycles. The lowest BCUT2D eigenvalue weighted by Gasteiger charge is -2.34. The summed E-state index contributed by atoms with van der Waals surface area (Å²) < 4.78 is 25.6. The van der Waals surface area contributed by atoms with Crippen LogP contribution in [0.5, 0.6) is 0 Å². The molecular formula is C19H24FN5O2. The number of anilines is 2. The second-order valence-corrected chi connectivity index (χ2v) is 6.82. The van der Waals surface area contributed by atoms with Gasteiger partial charge in [-0.25, -0.2) is 9.37 Å². The normalized spacial score (nSPS) is 20.7. The first-order valence-corrected chi connectivity index (χ1v) is 9.40. The monoisotopic (exact) mass is 373 g/mol. The zero-order chi connectivity index (χ0) is 18.5. The van der Waals surface area contributed by atoms with Crippen molar-refractivity contribution in [1.82, 2.24) is 15.0 Å². The third kappa shape index (κ3) is 4.51. The number of piperidine rings is 1. The molecule has 0 aliphatic carbocycles. The number of nitrogens with zero attached hydrogens (tertiary/aromatic N) is 5. The zero-order valence-corrected chi connectivity index (χ0v) is 15.3. The van der Waals surface area contributed by atoms with Gasteiger partial charge in [0.05, 0.1) is 32.1 Å². The number of hydrogen-bond acceptors (Lipinski definition) is 7. The molecule has 0 spiro atoms. The molecule has 2 fully saturated rings. The molecule has 2 saturated heterocycles. The highest BCUT2D eigenvalue weighted by atomic mass is 19.1. The van der Waals surface area contributed by atoms with Gasteiger partial charge in [0.15, 0.2) is 11.6 Å². The average molecular weight is 373 g/mol. The highest BCUT2D eigenvalue weighted by molar-refractivity contribution is 5.45. The van der Waals surface area contributed by atoms with Crippen molar-refractivity contribution >= 4 is 11.8 Å². The molecule has 0 radical (unpaired) electrons. The van der Waals surface area contributed by atoms with E-state index in [4.69, 9.17) is 9.47 Å². The molecule has 0 N–H and O–H groups in total. The van der Waals surface area contributed by atoms with Crippen LogP contribution in [-0.2, 0) is 16.1 Å². The van der Waals surface area contributed by atoms with Crippen LogP contribution in [0, 0.1) is 5.82 Å². The minimum absolute atomic E-state index is 0.0967. The molecule has 7 nitrogen and oxygen atoms in total. The maximum absolute atomic E-state index is 14.2. The van der Waals surface area contributed by atoms with Crippen LogP contribution < -0.4 is 9.80 Å². The van der Waals surface area contributed by atoms with Gasteiger partial charge in [0.1, 0.15) is 0 Å². The highest BCUT2D eigenvalue weighted by Gasteiger charge is 2.25. The van der Waals surface area contributed by atoms with Crippen molar-refractivity contribution < 1.29 is 13.9 Å². The summed E-state index contributed by atoms with van der Waals surface area (Å²) in [6.07, 6.45) is 6.92. The first kappa shape index (κ1) is 18.1. The lowest BCUT2D eigenvalue weighted by atomic mass is 10.1. The Hall–Kier alpha value is -2.32. The standard InChI is InChI=1S/C19H24FN5O2/c20-17-12-22-19(23-18(17)24-7-9-26-10-8-24)25-6-2-4-16(13-25)27-14-15-3-1-5-21-11-15/h1,3,5,11-12,16H,2,4,6-10,13-14H2/t16-/m0/s1. The van der Waals surface area contributed by atoms with E-state index in [1.165, 1.54) is 6.20 Å². The maximum atomic E-state index is 14.2. The van der Waals surface area contributed by atoms with Crippen molar-refractivity contribution in [3.8, 4) is 0 Å². The van der Waals surface area contributed by atoms with Crippen LogP contribution in [-0.4, -0.2) is 60.4 Å². The van der Waals surface area contributed by atoms with Crippen LogP contribution in [0.15, 0.2) is 30.7 Å². The van der Waals surface area contributed by atoms with Crippen LogP contribution in [0.2, 0.25) is 0 Å². The summed E-state index contributed by atoms with van der Waals surface area (Å²) >= 11 is 0. The van der Waals surface area contributed by atoms with Gasteiger partial charge in [0, 0.05) is 38.6 Å². The first-order valence-electron chi connectivity index (χ1n) is 9.40. The Morgan fingerprint density at radius 2 is 2.07 bits per heavy atom. The van der Waals surface area contributed by atoms with Gasteiger partial charge in [0.2, 0.25) is 5.95 Å². The SMILES string of the molecule is Fc1cnc(N2CCC[C@H](OCc3cccnc3)C2)nc1N1CCOCC1. The molecule has 1 atom stereocenters. The van der Waals surface area contributed by atoms with Crippen molar-refractivity contribution in [3.63, 3.8) is 0 Å². The molecule has 0 amide bonds. The molecule has 2 aromatic heterocycles. The van der Waals surface area contributed by atoms with Gasteiger partial charge in [-0.05, 0) is 24.5 Å². The molecular weight excluding hydrogens is 349 g/mol. The second kappa shape index (κ2) is 8.58. The van der Waals surface area contributed by atoms with Crippen LogP contribution in [0.1, 0.15) is 18.4 Å². The van der Waals surface area contributed by atoms with E-state index in [1.54, 1.807) is 6.20 Å². The molecule has 4 rings (SSSR count). The molecule has 0 aromatic carbocycles. The number of ether oxygens (including phenoxy) is 2. The Morgan fingerprint density at radius 3 is 2.89 bits per heavy atom. The van der Waals surface area contributed by atoms with Crippen molar-refractivity contribution in [1.29, 1.82) is 0 Å². The minimum atomic E-state index is -0.387. The molecule has 8 heteroatoms. The molecule has 2 aliphatic rings. The third-order valence-corrected chi connectivity index (χ3v) is 4.89. The van der Waals surface area contributed by atoms with Gasteiger partial charge < -0.3 is 19.3 Å². The number of halogens is 1. The minimum Gasteiger partial charge on any atom is -0.378 e. The maximum Gasteiger partial charge on any atom is 0.227 e.